The maximum Gasteiger partial charge on any atom is 0.0884 e. The van der Waals surface area contributed by atoms with Gasteiger partial charge in [-0.1, -0.05) is 19.3 Å². The van der Waals surface area contributed by atoms with Gasteiger partial charge in [-0.3, -0.25) is 0 Å². The lowest BCUT2D eigenvalue weighted by molar-refractivity contribution is -0.0891. The lowest BCUT2D eigenvalue weighted by atomic mass is 9.78. The van der Waals surface area contributed by atoms with Crippen molar-refractivity contribution in [3.63, 3.8) is 0 Å². The van der Waals surface area contributed by atoms with Gasteiger partial charge >= 0.3 is 0 Å². The topological polar surface area (TPSA) is 21.3 Å². The minimum absolute atomic E-state index is 0.0129. The Balaban J connectivity index is 2.26. The number of hydrogen-bond acceptors (Lipinski definition) is 3. The van der Waals surface area contributed by atoms with E-state index in [4.69, 9.17) is 4.74 Å². The summed E-state index contributed by atoms with van der Waals surface area (Å²) in [6.07, 6.45) is 6.31. The quantitative estimate of drug-likeness (QED) is 0.869. The Bertz CT molecular complexity index is 363. The number of thiophene rings is 1. The zero-order chi connectivity index (χ0) is 13.0. The van der Waals surface area contributed by atoms with Crippen molar-refractivity contribution in [2.45, 2.75) is 57.6 Å². The molecular formula is C15H25NOS. The van der Waals surface area contributed by atoms with Crippen molar-refractivity contribution >= 4 is 11.3 Å². The molecule has 1 aromatic heterocycles. The van der Waals surface area contributed by atoms with Crippen LogP contribution in [0, 0.1) is 6.92 Å². The maximum absolute atomic E-state index is 6.23. The number of rotatable bonds is 5. The Morgan fingerprint density at radius 2 is 2.06 bits per heavy atom. The Morgan fingerprint density at radius 3 is 2.56 bits per heavy atom. The summed E-state index contributed by atoms with van der Waals surface area (Å²) >= 11 is 1.90. The summed E-state index contributed by atoms with van der Waals surface area (Å²) in [5.74, 6) is 0. The summed E-state index contributed by atoms with van der Waals surface area (Å²) in [5, 5.41) is 3.51. The molecular weight excluding hydrogens is 242 g/mol. The van der Waals surface area contributed by atoms with Crippen molar-refractivity contribution in [1.29, 1.82) is 0 Å². The molecule has 1 aliphatic carbocycles. The minimum atomic E-state index is 0.0129. The fourth-order valence-corrected chi connectivity index (χ4v) is 4.32. The van der Waals surface area contributed by atoms with Gasteiger partial charge in [-0.2, -0.15) is 0 Å². The molecule has 0 aliphatic heterocycles. The first kappa shape index (κ1) is 14.0. The van der Waals surface area contributed by atoms with Gasteiger partial charge in [0.2, 0.25) is 0 Å². The van der Waals surface area contributed by atoms with E-state index < -0.39 is 0 Å². The van der Waals surface area contributed by atoms with Crippen LogP contribution < -0.4 is 5.32 Å². The second-order valence-electron chi connectivity index (χ2n) is 5.23. The number of ether oxygens (including phenoxy) is 1. The van der Waals surface area contributed by atoms with Gasteiger partial charge in [0.1, 0.15) is 0 Å². The maximum atomic E-state index is 6.23. The number of hydrogen-bond donors (Lipinski definition) is 1. The van der Waals surface area contributed by atoms with Crippen LogP contribution in [0.1, 0.15) is 54.8 Å². The van der Waals surface area contributed by atoms with E-state index in [2.05, 4.69) is 38.3 Å². The highest BCUT2D eigenvalue weighted by atomic mass is 32.1. The van der Waals surface area contributed by atoms with Crippen molar-refractivity contribution in [2.24, 2.45) is 0 Å². The van der Waals surface area contributed by atoms with Crippen molar-refractivity contribution in [3.05, 3.63) is 21.9 Å². The number of likely N-dealkylation sites (N-methyl/N-ethyl adjacent to an activating group) is 1. The van der Waals surface area contributed by atoms with Crippen molar-refractivity contribution in [1.82, 2.24) is 5.32 Å². The van der Waals surface area contributed by atoms with E-state index in [0.717, 1.165) is 6.61 Å². The van der Waals surface area contributed by atoms with E-state index in [9.17, 15) is 0 Å². The van der Waals surface area contributed by atoms with Crippen molar-refractivity contribution in [3.8, 4) is 0 Å². The molecule has 0 spiro atoms. The molecule has 1 unspecified atom stereocenters. The summed E-state index contributed by atoms with van der Waals surface area (Å²) in [4.78, 5) is 2.80. The van der Waals surface area contributed by atoms with Gasteiger partial charge in [0.15, 0.2) is 0 Å². The van der Waals surface area contributed by atoms with Crippen LogP contribution >= 0.6 is 11.3 Å². The second-order valence-corrected chi connectivity index (χ2v) is 6.55. The van der Waals surface area contributed by atoms with Gasteiger partial charge in [-0.15, -0.1) is 11.3 Å². The third kappa shape index (κ3) is 2.79. The molecule has 1 N–H and O–H groups in total. The summed E-state index contributed by atoms with van der Waals surface area (Å²) in [6.45, 7) is 5.10. The van der Waals surface area contributed by atoms with Crippen LogP contribution in [-0.4, -0.2) is 19.3 Å². The van der Waals surface area contributed by atoms with Crippen LogP contribution in [0.3, 0.4) is 0 Å². The van der Waals surface area contributed by atoms with Crippen molar-refractivity contribution < 1.29 is 4.74 Å². The molecule has 1 saturated carbocycles. The molecule has 0 aromatic carbocycles. The second kappa shape index (κ2) is 6.18. The van der Waals surface area contributed by atoms with Crippen LogP contribution in [0.15, 0.2) is 12.1 Å². The molecule has 1 heterocycles. The van der Waals surface area contributed by atoms with E-state index in [1.165, 1.54) is 41.9 Å². The summed E-state index contributed by atoms with van der Waals surface area (Å²) in [6, 6.07) is 4.82. The predicted molar refractivity (Wildman–Crippen MR) is 78.3 cm³/mol. The van der Waals surface area contributed by atoms with Crippen LogP contribution in [0.4, 0.5) is 0 Å². The smallest absolute Gasteiger partial charge is 0.0884 e. The van der Waals surface area contributed by atoms with Gasteiger partial charge in [0.05, 0.1) is 11.6 Å². The van der Waals surface area contributed by atoms with Crippen LogP contribution in [0.5, 0.6) is 0 Å². The third-order valence-electron chi connectivity index (χ3n) is 3.99. The van der Waals surface area contributed by atoms with E-state index in [1.807, 2.05) is 11.3 Å². The molecule has 1 aliphatic rings. The van der Waals surface area contributed by atoms with Gasteiger partial charge < -0.3 is 10.1 Å². The van der Waals surface area contributed by atoms with Gasteiger partial charge in [-0.05, 0) is 45.9 Å². The predicted octanol–water partition coefficient (Wildman–Crippen LogP) is 4.06. The number of nitrogens with one attached hydrogen (secondary N) is 1. The third-order valence-corrected chi connectivity index (χ3v) is 5.06. The molecule has 2 rings (SSSR count). The molecule has 0 saturated heterocycles. The van der Waals surface area contributed by atoms with Gasteiger partial charge in [0, 0.05) is 16.4 Å². The highest BCUT2D eigenvalue weighted by molar-refractivity contribution is 7.12. The largest absolute Gasteiger partial charge is 0.373 e. The molecule has 0 bridgehead atoms. The fourth-order valence-electron chi connectivity index (χ4n) is 3.23. The molecule has 1 aromatic rings. The first-order valence-electron chi connectivity index (χ1n) is 7.09. The minimum Gasteiger partial charge on any atom is -0.373 e. The molecule has 2 nitrogen and oxygen atoms in total. The Kier molecular flexibility index (Phi) is 4.82. The molecule has 102 valence electrons. The van der Waals surface area contributed by atoms with Crippen LogP contribution in [0.25, 0.3) is 0 Å². The van der Waals surface area contributed by atoms with E-state index in [1.54, 1.807) is 0 Å². The monoisotopic (exact) mass is 267 g/mol. The average molecular weight is 267 g/mol. The highest BCUT2D eigenvalue weighted by Gasteiger charge is 2.41. The van der Waals surface area contributed by atoms with E-state index in [0.29, 0.717) is 6.04 Å². The Hall–Kier alpha value is -0.380. The first-order chi connectivity index (χ1) is 8.72. The zero-order valence-corrected chi connectivity index (χ0v) is 12.6. The fraction of sp³-hybridized carbons (Fsp3) is 0.733. The molecule has 1 atom stereocenters. The average Bonchev–Trinajstić information content (AvgIpc) is 2.78. The lowest BCUT2D eigenvalue weighted by Gasteiger charge is -2.43. The first-order valence-corrected chi connectivity index (χ1v) is 7.91. The van der Waals surface area contributed by atoms with Crippen LogP contribution in [0.2, 0.25) is 0 Å². The molecule has 0 amide bonds. The highest BCUT2D eigenvalue weighted by Crippen LogP contribution is 2.43. The molecule has 0 radical (unpaired) electrons. The lowest BCUT2D eigenvalue weighted by Crippen LogP contribution is -2.46. The Morgan fingerprint density at radius 1 is 1.33 bits per heavy atom. The standard InChI is InChI=1S/C15H25NOS/c1-4-17-15(10-6-5-7-11-15)14(16-3)13-9-8-12(2)18-13/h8-9,14,16H,4-7,10-11H2,1-3H3. The Labute approximate surface area is 115 Å². The SMILES string of the molecule is CCOC1(C(NC)c2ccc(C)s2)CCCCC1. The molecule has 3 heteroatoms. The number of aryl methyl sites for hydroxylation is 1. The van der Waals surface area contributed by atoms with E-state index >= 15 is 0 Å². The summed E-state index contributed by atoms with van der Waals surface area (Å²) < 4.78 is 6.23. The molecule has 1 fully saturated rings. The summed E-state index contributed by atoms with van der Waals surface area (Å²) in [5.41, 5.74) is 0.0129. The molecule has 18 heavy (non-hydrogen) atoms. The van der Waals surface area contributed by atoms with Gasteiger partial charge in [0.25, 0.3) is 0 Å². The summed E-state index contributed by atoms with van der Waals surface area (Å²) in [7, 11) is 2.06. The van der Waals surface area contributed by atoms with E-state index in [-0.39, 0.29) is 5.60 Å². The normalized spacial score (nSPS) is 20.8. The van der Waals surface area contributed by atoms with Crippen LogP contribution in [-0.2, 0) is 4.74 Å². The van der Waals surface area contributed by atoms with Gasteiger partial charge in [-0.25, -0.2) is 0 Å². The zero-order valence-electron chi connectivity index (χ0n) is 11.8. The van der Waals surface area contributed by atoms with Crippen molar-refractivity contribution in [2.75, 3.05) is 13.7 Å².